The second-order valence-corrected chi connectivity index (χ2v) is 7.84. The Morgan fingerprint density at radius 1 is 1.06 bits per heavy atom. The molecule has 180 valence electrons. The average Bonchev–Trinajstić information content (AvgIpc) is 2.72. The molecular weight excluding hydrogens is 526 g/mol. The average molecular weight is 543 g/mol. The summed E-state index contributed by atoms with van der Waals surface area (Å²) in [5, 5.41) is 20.4. The summed E-state index contributed by atoms with van der Waals surface area (Å²) in [4.78, 5) is 24.3. The van der Waals surface area contributed by atoms with E-state index in [4.69, 9.17) is 0 Å². The molecule has 1 N–H and O–H groups in total. The number of carbonyl (C=O) groups is 1. The van der Waals surface area contributed by atoms with Gasteiger partial charge in [-0.3, -0.25) is 14.9 Å². The van der Waals surface area contributed by atoms with Crippen LogP contribution in [0, 0.1) is 10.1 Å². The van der Waals surface area contributed by atoms with E-state index < -0.39 is 34.3 Å². The number of halogens is 7. The Balaban J connectivity index is 2.53. The highest BCUT2D eigenvalue weighted by Crippen LogP contribution is 2.51. The highest BCUT2D eigenvalue weighted by molar-refractivity contribution is 9.10. The van der Waals surface area contributed by atoms with Gasteiger partial charge in [0.1, 0.15) is 0 Å². The number of anilines is 1. The van der Waals surface area contributed by atoms with E-state index >= 15 is 0 Å². The Labute approximate surface area is 192 Å². The lowest BCUT2D eigenvalue weighted by molar-refractivity contribution is -0.384. The molecule has 0 aliphatic heterocycles. The number of unbranched alkanes of at least 4 members (excludes halogenated alkanes) is 1. The van der Waals surface area contributed by atoms with Crippen molar-refractivity contribution in [3.63, 3.8) is 0 Å². The van der Waals surface area contributed by atoms with Gasteiger partial charge in [0.05, 0.1) is 10.6 Å². The molecule has 0 unspecified atom stereocenters. The number of hydrogen-bond acceptors (Lipinski definition) is 4. The molecule has 0 saturated heterocycles. The van der Waals surface area contributed by atoms with Crippen LogP contribution in [-0.2, 0) is 5.60 Å². The van der Waals surface area contributed by atoms with E-state index in [1.54, 1.807) is 6.92 Å². The van der Waals surface area contributed by atoms with Crippen LogP contribution >= 0.6 is 15.9 Å². The van der Waals surface area contributed by atoms with Gasteiger partial charge in [0, 0.05) is 34.3 Å². The van der Waals surface area contributed by atoms with Crippen molar-refractivity contribution in [2.45, 2.75) is 37.7 Å². The number of nitro benzene ring substituents is 1. The number of nitrogens with zero attached hydrogens (tertiary/aromatic N) is 2. The first-order valence-electron chi connectivity index (χ1n) is 9.37. The highest BCUT2D eigenvalue weighted by atomic mass is 79.9. The zero-order chi connectivity index (χ0) is 25.2. The van der Waals surface area contributed by atoms with Gasteiger partial charge in [-0.15, -0.1) is 0 Å². The number of rotatable bonds is 7. The van der Waals surface area contributed by atoms with Crippen LogP contribution in [0.1, 0.15) is 35.7 Å². The van der Waals surface area contributed by atoms with E-state index in [9.17, 15) is 46.4 Å². The molecule has 0 aliphatic rings. The SMILES string of the molecule is CCCCN(C(=O)c1ccc([N+](=O)[O-])cc1)c1ccc(C(O)(C(F)(F)F)C(F)(F)F)cc1Br. The number of amides is 1. The lowest BCUT2D eigenvalue weighted by atomic mass is 9.92. The van der Waals surface area contributed by atoms with Crippen LogP contribution in [0.15, 0.2) is 46.9 Å². The maximum atomic E-state index is 13.2. The van der Waals surface area contributed by atoms with Crippen molar-refractivity contribution in [2.75, 3.05) is 11.4 Å². The minimum Gasteiger partial charge on any atom is -0.369 e. The lowest BCUT2D eigenvalue weighted by Gasteiger charge is -2.33. The van der Waals surface area contributed by atoms with Crippen molar-refractivity contribution in [3.05, 3.63) is 68.2 Å². The standard InChI is InChI=1S/C20H17BrF6N2O4/c1-2-3-10-28(17(30)12-4-7-14(8-5-12)29(32)33)16-9-6-13(11-15(16)21)18(31,19(22,23)24)20(25,26)27/h4-9,11,31H,2-3,10H2,1H3. The first-order valence-corrected chi connectivity index (χ1v) is 10.2. The molecule has 13 heteroatoms. The number of alkyl halides is 6. The summed E-state index contributed by atoms with van der Waals surface area (Å²) >= 11 is 2.91. The van der Waals surface area contributed by atoms with Crippen molar-refractivity contribution in [1.29, 1.82) is 0 Å². The molecule has 0 aliphatic carbocycles. The molecular formula is C20H17BrF6N2O4. The van der Waals surface area contributed by atoms with Gasteiger partial charge in [0.25, 0.3) is 17.2 Å². The zero-order valence-corrected chi connectivity index (χ0v) is 18.5. The van der Waals surface area contributed by atoms with Crippen LogP contribution < -0.4 is 4.90 Å². The van der Waals surface area contributed by atoms with Crippen LogP contribution in [-0.4, -0.2) is 34.8 Å². The molecule has 6 nitrogen and oxygen atoms in total. The number of benzene rings is 2. The Kier molecular flexibility index (Phi) is 7.79. The minimum absolute atomic E-state index is 0.0229. The normalized spacial score (nSPS) is 12.5. The monoisotopic (exact) mass is 542 g/mol. The summed E-state index contributed by atoms with van der Waals surface area (Å²) in [5.74, 6) is -0.672. The zero-order valence-electron chi connectivity index (χ0n) is 16.9. The number of nitro groups is 1. The van der Waals surface area contributed by atoms with Gasteiger partial charge < -0.3 is 10.0 Å². The Morgan fingerprint density at radius 2 is 1.61 bits per heavy atom. The molecule has 0 atom stereocenters. The van der Waals surface area contributed by atoms with Crippen molar-refractivity contribution in [3.8, 4) is 0 Å². The lowest BCUT2D eigenvalue weighted by Crippen LogP contribution is -2.53. The molecule has 2 rings (SSSR count). The summed E-state index contributed by atoms with van der Waals surface area (Å²) in [6.45, 7) is 1.87. The fraction of sp³-hybridized carbons (Fsp3) is 0.350. The van der Waals surface area contributed by atoms with Crippen molar-refractivity contribution >= 4 is 33.2 Å². The Hall–Kier alpha value is -2.67. The van der Waals surface area contributed by atoms with Crippen LogP contribution in [0.5, 0.6) is 0 Å². The van der Waals surface area contributed by atoms with Crippen molar-refractivity contribution in [1.82, 2.24) is 0 Å². The predicted octanol–water partition coefficient (Wildman–Crippen LogP) is 6.12. The predicted molar refractivity (Wildman–Crippen MR) is 110 cm³/mol. The molecule has 0 aromatic heterocycles. The summed E-state index contributed by atoms with van der Waals surface area (Å²) in [6, 6.07) is 6.33. The Bertz CT molecular complexity index is 1010. The van der Waals surface area contributed by atoms with Gasteiger partial charge in [0.2, 0.25) is 0 Å². The third-order valence-electron chi connectivity index (χ3n) is 4.78. The first kappa shape index (κ1) is 26.6. The van der Waals surface area contributed by atoms with Gasteiger partial charge in [-0.25, -0.2) is 0 Å². The topological polar surface area (TPSA) is 83.7 Å². The molecule has 0 heterocycles. The number of carbonyl (C=O) groups excluding carboxylic acids is 1. The van der Waals surface area contributed by atoms with Gasteiger partial charge in [0.15, 0.2) is 0 Å². The van der Waals surface area contributed by atoms with E-state index in [1.165, 1.54) is 12.1 Å². The van der Waals surface area contributed by atoms with E-state index in [2.05, 4.69) is 15.9 Å². The Morgan fingerprint density at radius 3 is 2.03 bits per heavy atom. The highest BCUT2D eigenvalue weighted by Gasteiger charge is 2.71. The van der Waals surface area contributed by atoms with Crippen molar-refractivity contribution in [2.24, 2.45) is 0 Å². The van der Waals surface area contributed by atoms with Crippen LogP contribution in [0.2, 0.25) is 0 Å². The van der Waals surface area contributed by atoms with Gasteiger partial charge in [-0.1, -0.05) is 19.4 Å². The minimum atomic E-state index is -6.05. The maximum Gasteiger partial charge on any atom is 0.430 e. The molecule has 0 saturated carbocycles. The molecule has 0 spiro atoms. The molecule has 2 aromatic carbocycles. The molecule has 0 bridgehead atoms. The van der Waals surface area contributed by atoms with E-state index in [0.717, 1.165) is 23.1 Å². The first-order chi connectivity index (χ1) is 15.1. The van der Waals surface area contributed by atoms with E-state index in [1.807, 2.05) is 0 Å². The number of non-ortho nitro benzene ring substituents is 1. The summed E-state index contributed by atoms with van der Waals surface area (Å²) in [7, 11) is 0. The third-order valence-corrected chi connectivity index (χ3v) is 5.42. The summed E-state index contributed by atoms with van der Waals surface area (Å²) < 4.78 is 78.8. The largest absolute Gasteiger partial charge is 0.430 e. The number of hydrogen-bond donors (Lipinski definition) is 1. The fourth-order valence-electron chi connectivity index (χ4n) is 2.97. The molecule has 0 fully saturated rings. The molecule has 1 amide bonds. The quantitative estimate of drug-likeness (QED) is 0.259. The van der Waals surface area contributed by atoms with Crippen molar-refractivity contribution < 1.29 is 41.2 Å². The van der Waals surface area contributed by atoms with Crippen LogP contribution in [0.25, 0.3) is 0 Å². The van der Waals surface area contributed by atoms with E-state index in [-0.39, 0.29) is 28.0 Å². The second kappa shape index (κ2) is 9.67. The second-order valence-electron chi connectivity index (χ2n) is 6.99. The van der Waals surface area contributed by atoms with Gasteiger partial charge in [-0.2, -0.15) is 26.3 Å². The fourth-order valence-corrected chi connectivity index (χ4v) is 3.56. The molecule has 0 radical (unpaired) electrons. The third kappa shape index (κ3) is 5.29. The van der Waals surface area contributed by atoms with Crippen LogP contribution in [0.3, 0.4) is 0 Å². The van der Waals surface area contributed by atoms with Gasteiger partial charge >= 0.3 is 12.4 Å². The maximum absolute atomic E-state index is 13.2. The van der Waals surface area contributed by atoms with E-state index in [0.29, 0.717) is 25.0 Å². The molecule has 33 heavy (non-hydrogen) atoms. The van der Waals surface area contributed by atoms with Gasteiger partial charge in [-0.05, 0) is 46.6 Å². The summed E-state index contributed by atoms with van der Waals surface area (Å²) in [5.41, 5.74) is -6.87. The van der Waals surface area contributed by atoms with Crippen LogP contribution in [0.4, 0.5) is 37.7 Å². The number of aliphatic hydroxyl groups is 1. The smallest absolute Gasteiger partial charge is 0.369 e. The summed E-state index contributed by atoms with van der Waals surface area (Å²) in [6.07, 6.45) is -11.0. The molecule has 2 aromatic rings.